The second kappa shape index (κ2) is 16.0. The van der Waals surface area contributed by atoms with Crippen LogP contribution in [-0.4, -0.2) is 36.0 Å². The van der Waals surface area contributed by atoms with E-state index < -0.39 is 10.5 Å². The molecule has 0 saturated carbocycles. The van der Waals surface area contributed by atoms with Crippen molar-refractivity contribution in [2.24, 2.45) is 0 Å². The van der Waals surface area contributed by atoms with Gasteiger partial charge >= 0.3 is 5.69 Å². The summed E-state index contributed by atoms with van der Waals surface area (Å²) >= 11 is 6.27. The molecule has 0 atom stereocenters. The van der Waals surface area contributed by atoms with Gasteiger partial charge in [0.05, 0.1) is 11.5 Å². The van der Waals surface area contributed by atoms with Crippen LogP contribution in [0.1, 0.15) is 48.4 Å². The van der Waals surface area contributed by atoms with Gasteiger partial charge in [-0.25, -0.2) is 9.67 Å². The van der Waals surface area contributed by atoms with Crippen LogP contribution in [0.15, 0.2) is 152 Å². The molecule has 0 aliphatic rings. The van der Waals surface area contributed by atoms with Gasteiger partial charge in [-0.2, -0.15) is 0 Å². The van der Waals surface area contributed by atoms with E-state index in [1.165, 1.54) is 17.0 Å². The standard InChI is InChI=1S/C43H36ClN7O3/c1-2-3-24-40(52)49(42-38(51(53)54)27-28-39(44)45-42)30-31-25-26-36(32-16-8-4-9-17-32)37(29-31)41-46-47-48-50(41)43(33-18-10-5-11-19-33,34-20-12-6-13-21-34)35-22-14-7-15-23-35/h4-23,25-29H,2-3,24,30H2,1H3. The summed E-state index contributed by atoms with van der Waals surface area (Å²) < 4.78 is 1.87. The molecular weight excluding hydrogens is 698 g/mol. The van der Waals surface area contributed by atoms with Gasteiger partial charge in [0.25, 0.3) is 0 Å². The molecule has 2 heterocycles. The van der Waals surface area contributed by atoms with Crippen LogP contribution in [0.4, 0.5) is 11.5 Å². The van der Waals surface area contributed by atoms with E-state index in [0.29, 0.717) is 23.4 Å². The Bertz CT molecular complexity index is 2280. The summed E-state index contributed by atoms with van der Waals surface area (Å²) in [6.07, 6.45) is 1.56. The van der Waals surface area contributed by atoms with Gasteiger partial charge in [-0.1, -0.05) is 158 Å². The lowest BCUT2D eigenvalue weighted by Gasteiger charge is -2.36. The number of hydrogen-bond acceptors (Lipinski definition) is 7. The van der Waals surface area contributed by atoms with Crippen LogP contribution >= 0.6 is 11.6 Å². The quantitative estimate of drug-likeness (QED) is 0.0501. The van der Waals surface area contributed by atoms with Crippen molar-refractivity contribution in [3.05, 3.63) is 189 Å². The zero-order valence-corrected chi connectivity index (χ0v) is 30.3. The minimum atomic E-state index is -1.01. The smallest absolute Gasteiger partial charge is 0.287 e. The highest BCUT2D eigenvalue weighted by atomic mass is 35.5. The highest BCUT2D eigenvalue weighted by Crippen LogP contribution is 2.44. The first-order valence-electron chi connectivity index (χ1n) is 17.7. The number of nitro groups is 1. The fourth-order valence-electron chi connectivity index (χ4n) is 6.92. The summed E-state index contributed by atoms with van der Waals surface area (Å²) in [6.45, 7) is 1.97. The Balaban J connectivity index is 1.47. The number of rotatable bonds is 13. The van der Waals surface area contributed by atoms with Crippen LogP contribution in [0.2, 0.25) is 5.15 Å². The second-order valence-corrected chi connectivity index (χ2v) is 13.2. The first-order valence-corrected chi connectivity index (χ1v) is 18.0. The third-order valence-electron chi connectivity index (χ3n) is 9.43. The van der Waals surface area contributed by atoms with Crippen LogP contribution in [0, 0.1) is 10.1 Å². The molecule has 11 heteroatoms. The maximum Gasteiger partial charge on any atom is 0.312 e. The molecular formula is C43H36ClN7O3. The Morgan fingerprint density at radius 1 is 0.778 bits per heavy atom. The number of carbonyl (C=O) groups excluding carboxylic acids is 1. The maximum atomic E-state index is 13.8. The molecule has 268 valence electrons. The van der Waals surface area contributed by atoms with Gasteiger partial charge < -0.3 is 0 Å². The number of tetrazole rings is 1. The minimum Gasteiger partial charge on any atom is -0.287 e. The number of amides is 1. The lowest BCUT2D eigenvalue weighted by atomic mass is 9.77. The number of halogens is 1. The third-order valence-corrected chi connectivity index (χ3v) is 9.64. The molecule has 1 amide bonds. The summed E-state index contributed by atoms with van der Waals surface area (Å²) in [7, 11) is 0. The number of nitrogens with zero attached hydrogens (tertiary/aromatic N) is 7. The Hall–Kier alpha value is -6.52. The second-order valence-electron chi connectivity index (χ2n) is 12.8. The van der Waals surface area contributed by atoms with Gasteiger partial charge in [0.15, 0.2) is 5.82 Å². The fourth-order valence-corrected chi connectivity index (χ4v) is 7.06. The van der Waals surface area contributed by atoms with E-state index in [1.54, 1.807) is 0 Å². The van der Waals surface area contributed by atoms with Gasteiger partial charge in [-0.05, 0) is 62.4 Å². The zero-order chi connectivity index (χ0) is 37.5. The predicted octanol–water partition coefficient (Wildman–Crippen LogP) is 9.53. The van der Waals surface area contributed by atoms with E-state index >= 15 is 0 Å². The summed E-state index contributed by atoms with van der Waals surface area (Å²) in [6, 6.07) is 48.8. The van der Waals surface area contributed by atoms with Crippen LogP contribution < -0.4 is 4.90 Å². The van der Waals surface area contributed by atoms with Crippen molar-refractivity contribution in [2.75, 3.05) is 4.90 Å². The molecule has 0 bridgehead atoms. The number of hydrogen-bond donors (Lipinski definition) is 0. The van der Waals surface area contributed by atoms with E-state index in [2.05, 4.69) is 46.6 Å². The highest BCUT2D eigenvalue weighted by molar-refractivity contribution is 6.29. The summed E-state index contributed by atoms with van der Waals surface area (Å²) in [5, 5.41) is 26.0. The van der Waals surface area contributed by atoms with Crippen molar-refractivity contribution >= 4 is 29.0 Å². The van der Waals surface area contributed by atoms with Crippen molar-refractivity contribution in [3.63, 3.8) is 0 Å². The van der Waals surface area contributed by atoms with Gasteiger partial charge in [-0.3, -0.25) is 19.8 Å². The third kappa shape index (κ3) is 6.99. The molecule has 0 aliphatic carbocycles. The zero-order valence-electron chi connectivity index (χ0n) is 29.5. The highest BCUT2D eigenvalue weighted by Gasteiger charge is 2.42. The normalized spacial score (nSPS) is 11.3. The number of carbonyl (C=O) groups is 1. The molecule has 0 unspecified atom stereocenters. The molecule has 5 aromatic carbocycles. The first kappa shape index (κ1) is 35.9. The summed E-state index contributed by atoms with van der Waals surface area (Å²) in [5.74, 6) is 0.0656. The number of unbranched alkanes of at least 4 members (excludes halogenated alkanes) is 1. The SMILES string of the molecule is CCCCC(=O)N(Cc1ccc(-c2ccccc2)c(-c2nnnn2C(c2ccccc2)(c2ccccc2)c2ccccc2)c1)c1nc(Cl)ccc1[N+](=O)[O-]. The Labute approximate surface area is 317 Å². The summed E-state index contributed by atoms with van der Waals surface area (Å²) in [5.41, 5.74) is 4.68. The molecule has 0 saturated heterocycles. The number of benzene rings is 5. The van der Waals surface area contributed by atoms with Crippen LogP contribution in [0.25, 0.3) is 22.5 Å². The number of anilines is 1. The summed E-state index contributed by atoms with van der Waals surface area (Å²) in [4.78, 5) is 31.1. The van der Waals surface area contributed by atoms with Crippen LogP contribution in [0.3, 0.4) is 0 Å². The number of aromatic nitrogens is 5. The van der Waals surface area contributed by atoms with Gasteiger partial charge in [0, 0.05) is 18.1 Å². The van der Waals surface area contributed by atoms with Gasteiger partial charge in [0.2, 0.25) is 11.7 Å². The van der Waals surface area contributed by atoms with Crippen molar-refractivity contribution in [1.82, 2.24) is 25.2 Å². The molecule has 0 radical (unpaired) electrons. The van der Waals surface area contributed by atoms with Gasteiger partial charge in [0.1, 0.15) is 10.7 Å². The predicted molar refractivity (Wildman–Crippen MR) is 210 cm³/mol. The molecule has 7 rings (SSSR count). The van der Waals surface area contributed by atoms with Crippen molar-refractivity contribution in [1.29, 1.82) is 0 Å². The Morgan fingerprint density at radius 2 is 1.35 bits per heavy atom. The molecule has 0 spiro atoms. The van der Waals surface area contributed by atoms with E-state index in [4.69, 9.17) is 21.9 Å². The lowest BCUT2D eigenvalue weighted by molar-refractivity contribution is -0.384. The molecule has 2 aromatic heterocycles. The largest absolute Gasteiger partial charge is 0.312 e. The molecule has 54 heavy (non-hydrogen) atoms. The molecule has 10 nitrogen and oxygen atoms in total. The van der Waals surface area contributed by atoms with Crippen molar-refractivity contribution < 1.29 is 9.72 Å². The van der Waals surface area contributed by atoms with E-state index in [0.717, 1.165) is 34.2 Å². The molecule has 0 fully saturated rings. The maximum absolute atomic E-state index is 13.8. The van der Waals surface area contributed by atoms with E-state index in [9.17, 15) is 14.9 Å². The Kier molecular flexibility index (Phi) is 10.6. The average molecular weight is 734 g/mol. The average Bonchev–Trinajstić information content (AvgIpc) is 3.71. The van der Waals surface area contributed by atoms with Gasteiger partial charge in [-0.15, -0.1) is 5.10 Å². The fraction of sp³-hybridized carbons (Fsp3) is 0.140. The Morgan fingerprint density at radius 3 is 1.91 bits per heavy atom. The van der Waals surface area contributed by atoms with Crippen LogP contribution in [0.5, 0.6) is 0 Å². The molecule has 0 N–H and O–H groups in total. The monoisotopic (exact) mass is 733 g/mol. The number of pyridine rings is 1. The van der Waals surface area contributed by atoms with Crippen molar-refractivity contribution in [2.45, 2.75) is 38.3 Å². The van der Waals surface area contributed by atoms with E-state index in [-0.39, 0.29) is 35.5 Å². The minimum absolute atomic E-state index is 0.0123. The van der Waals surface area contributed by atoms with E-state index in [1.807, 2.05) is 115 Å². The topological polar surface area (TPSA) is 120 Å². The molecule has 0 aliphatic heterocycles. The molecule has 7 aromatic rings. The first-order chi connectivity index (χ1) is 26.4. The van der Waals surface area contributed by atoms with Crippen molar-refractivity contribution in [3.8, 4) is 22.5 Å². The van der Waals surface area contributed by atoms with Crippen LogP contribution in [-0.2, 0) is 16.9 Å². The lowest BCUT2D eigenvalue weighted by Crippen LogP contribution is -2.39.